The summed E-state index contributed by atoms with van der Waals surface area (Å²) in [6.07, 6.45) is -11.3. The topological polar surface area (TPSA) is 29.5 Å². The summed E-state index contributed by atoms with van der Waals surface area (Å²) in [5, 5.41) is 9.59. The molecule has 0 spiro atoms. The number of rotatable bonds is 3. The van der Waals surface area contributed by atoms with Crippen molar-refractivity contribution in [1.82, 2.24) is 0 Å². The van der Waals surface area contributed by atoms with Crippen LogP contribution in [0.1, 0.15) is 40.5 Å². The molecule has 0 heterocycles. The predicted octanol–water partition coefficient (Wildman–Crippen LogP) is 4.32. The fourth-order valence-corrected chi connectivity index (χ4v) is 4.32. The van der Waals surface area contributed by atoms with Crippen molar-refractivity contribution in [3.63, 3.8) is 0 Å². The molecule has 2 aliphatic rings. The van der Waals surface area contributed by atoms with Crippen LogP contribution in [0, 0.1) is 23.7 Å². The van der Waals surface area contributed by atoms with Gasteiger partial charge in [0.1, 0.15) is 5.60 Å². The first-order valence-corrected chi connectivity index (χ1v) is 7.67. The Morgan fingerprint density at radius 1 is 0.870 bits per heavy atom. The minimum absolute atomic E-state index is 0.0695. The fourth-order valence-electron chi connectivity index (χ4n) is 4.32. The lowest BCUT2D eigenvalue weighted by Crippen LogP contribution is -2.70. The van der Waals surface area contributed by atoms with E-state index in [1.807, 2.05) is 13.8 Å². The average Bonchev–Trinajstić information content (AvgIpc) is 2.85. The molecule has 23 heavy (non-hydrogen) atoms. The van der Waals surface area contributed by atoms with E-state index in [1.165, 1.54) is 0 Å². The Morgan fingerprint density at radius 3 is 1.70 bits per heavy atom. The van der Waals surface area contributed by atoms with Crippen LogP contribution in [-0.2, 0) is 4.74 Å². The van der Waals surface area contributed by atoms with E-state index < -0.39 is 29.7 Å². The zero-order valence-electron chi connectivity index (χ0n) is 13.4. The molecule has 2 saturated carbocycles. The largest absolute Gasteiger partial charge is 0.429 e. The highest BCUT2D eigenvalue weighted by molar-refractivity contribution is 5.08. The van der Waals surface area contributed by atoms with Gasteiger partial charge in [-0.3, -0.25) is 0 Å². The molecule has 2 fully saturated rings. The SMILES string of the molecule is CC1C2CC(OC(C)(C)C(O)(C(F)(F)F)C(F)(F)F)C(C2)C1C. The van der Waals surface area contributed by atoms with Crippen LogP contribution < -0.4 is 0 Å². The molecule has 0 radical (unpaired) electrons. The van der Waals surface area contributed by atoms with Gasteiger partial charge in [-0.15, -0.1) is 0 Å². The van der Waals surface area contributed by atoms with Crippen LogP contribution in [0.15, 0.2) is 0 Å². The highest BCUT2D eigenvalue weighted by Gasteiger charge is 2.78. The van der Waals surface area contributed by atoms with E-state index in [0.717, 1.165) is 6.42 Å². The number of ether oxygens (including phenoxy) is 1. The van der Waals surface area contributed by atoms with Gasteiger partial charge in [0.05, 0.1) is 6.10 Å². The summed E-state index contributed by atoms with van der Waals surface area (Å²) >= 11 is 0. The molecule has 0 amide bonds. The van der Waals surface area contributed by atoms with E-state index in [0.29, 0.717) is 26.2 Å². The van der Waals surface area contributed by atoms with Crippen LogP contribution in [0.3, 0.4) is 0 Å². The van der Waals surface area contributed by atoms with E-state index >= 15 is 0 Å². The van der Waals surface area contributed by atoms with Gasteiger partial charge in [-0.2, -0.15) is 26.3 Å². The van der Waals surface area contributed by atoms with Gasteiger partial charge in [-0.05, 0) is 50.4 Å². The van der Waals surface area contributed by atoms with Crippen LogP contribution in [0.25, 0.3) is 0 Å². The second-order valence-corrected chi connectivity index (χ2v) is 7.49. The van der Waals surface area contributed by atoms with Crippen molar-refractivity contribution in [3.05, 3.63) is 0 Å². The Kier molecular flexibility index (Phi) is 4.30. The van der Waals surface area contributed by atoms with Gasteiger partial charge in [0.25, 0.3) is 5.60 Å². The van der Waals surface area contributed by atoms with Gasteiger partial charge in [-0.25, -0.2) is 0 Å². The van der Waals surface area contributed by atoms with Crippen molar-refractivity contribution in [2.24, 2.45) is 23.7 Å². The number of halogens is 6. The van der Waals surface area contributed by atoms with Crippen molar-refractivity contribution in [2.45, 2.75) is 70.2 Å². The summed E-state index contributed by atoms with van der Waals surface area (Å²) in [7, 11) is 0. The lowest BCUT2D eigenvalue weighted by molar-refractivity contribution is -0.416. The highest BCUT2D eigenvalue weighted by Crippen LogP contribution is 2.56. The molecule has 0 aromatic carbocycles. The zero-order chi connectivity index (χ0) is 18.0. The summed E-state index contributed by atoms with van der Waals surface area (Å²) in [5.41, 5.74) is -7.74. The Hall–Kier alpha value is -0.500. The second kappa shape index (κ2) is 5.25. The van der Waals surface area contributed by atoms with Crippen molar-refractivity contribution < 1.29 is 36.2 Å². The minimum Gasteiger partial charge on any atom is -0.371 e. The first-order valence-electron chi connectivity index (χ1n) is 7.67. The number of alkyl halides is 6. The van der Waals surface area contributed by atoms with E-state index in [9.17, 15) is 31.4 Å². The van der Waals surface area contributed by atoms with Gasteiger partial charge in [-0.1, -0.05) is 13.8 Å². The maximum absolute atomic E-state index is 13.0. The number of fused-ring (bicyclic) bond motifs is 2. The lowest BCUT2D eigenvalue weighted by Gasteiger charge is -2.46. The standard InChI is InChI=1S/C15H22F6O2/c1-7-8(2)10-5-9(7)6-11(10)23-12(3,4)13(22,14(16,17)18)15(19,20)21/h7-11,22H,5-6H2,1-4H3. The normalized spacial score (nSPS) is 35.9. The smallest absolute Gasteiger partial charge is 0.371 e. The fraction of sp³-hybridized carbons (Fsp3) is 1.00. The second-order valence-electron chi connectivity index (χ2n) is 7.49. The molecule has 0 aliphatic heterocycles. The number of aliphatic hydroxyl groups is 1. The molecule has 5 unspecified atom stereocenters. The Bertz CT molecular complexity index is 440. The molecule has 2 aliphatic carbocycles. The first-order chi connectivity index (χ1) is 10.1. The molecule has 8 heteroatoms. The van der Waals surface area contributed by atoms with Gasteiger partial charge in [0.15, 0.2) is 0 Å². The number of hydrogen-bond acceptors (Lipinski definition) is 2. The molecule has 0 aromatic rings. The highest BCUT2D eigenvalue weighted by atomic mass is 19.4. The molecular formula is C15H22F6O2. The summed E-state index contributed by atoms with van der Waals surface area (Å²) < 4.78 is 83.6. The molecule has 1 N–H and O–H groups in total. The predicted molar refractivity (Wildman–Crippen MR) is 70.6 cm³/mol. The molecule has 2 nitrogen and oxygen atoms in total. The van der Waals surface area contributed by atoms with Crippen molar-refractivity contribution in [3.8, 4) is 0 Å². The van der Waals surface area contributed by atoms with Gasteiger partial charge in [0.2, 0.25) is 0 Å². The molecule has 136 valence electrons. The molecule has 0 aromatic heterocycles. The monoisotopic (exact) mass is 348 g/mol. The van der Waals surface area contributed by atoms with Crippen molar-refractivity contribution in [2.75, 3.05) is 0 Å². The molecular weight excluding hydrogens is 326 g/mol. The third kappa shape index (κ3) is 2.65. The average molecular weight is 348 g/mol. The van der Waals surface area contributed by atoms with Crippen molar-refractivity contribution in [1.29, 1.82) is 0 Å². The van der Waals surface area contributed by atoms with Crippen molar-refractivity contribution >= 4 is 0 Å². The van der Waals surface area contributed by atoms with Gasteiger partial charge < -0.3 is 9.84 Å². The summed E-state index contributed by atoms with van der Waals surface area (Å²) in [6.45, 7) is 5.30. The Balaban J connectivity index is 2.27. The molecule has 0 saturated heterocycles. The van der Waals surface area contributed by atoms with Gasteiger partial charge >= 0.3 is 12.4 Å². The van der Waals surface area contributed by atoms with Crippen LogP contribution in [0.2, 0.25) is 0 Å². The minimum atomic E-state index is -5.88. The maximum Gasteiger partial charge on any atom is 0.429 e. The lowest BCUT2D eigenvalue weighted by atomic mass is 9.79. The third-order valence-electron chi connectivity index (χ3n) is 5.97. The zero-order valence-corrected chi connectivity index (χ0v) is 13.4. The van der Waals surface area contributed by atoms with E-state index in [1.54, 1.807) is 0 Å². The maximum atomic E-state index is 13.0. The van der Waals surface area contributed by atoms with E-state index in [2.05, 4.69) is 0 Å². The summed E-state index contributed by atoms with van der Waals surface area (Å²) in [4.78, 5) is 0. The van der Waals surface area contributed by atoms with Crippen LogP contribution in [-0.4, -0.2) is 34.8 Å². The van der Waals surface area contributed by atoms with Crippen LogP contribution in [0.5, 0.6) is 0 Å². The third-order valence-corrected chi connectivity index (χ3v) is 5.97. The quantitative estimate of drug-likeness (QED) is 0.770. The Morgan fingerprint density at radius 2 is 1.35 bits per heavy atom. The van der Waals surface area contributed by atoms with Crippen LogP contribution in [0.4, 0.5) is 26.3 Å². The Labute approximate surface area is 131 Å². The summed E-state index contributed by atoms with van der Waals surface area (Å²) in [6, 6.07) is 0. The molecule has 2 rings (SSSR count). The van der Waals surface area contributed by atoms with Gasteiger partial charge in [0, 0.05) is 0 Å². The first kappa shape index (κ1) is 18.8. The van der Waals surface area contributed by atoms with E-state index in [4.69, 9.17) is 4.74 Å². The molecule has 5 atom stereocenters. The number of hydrogen-bond donors (Lipinski definition) is 1. The molecule has 2 bridgehead atoms. The van der Waals surface area contributed by atoms with E-state index in [-0.39, 0.29) is 17.8 Å². The van der Waals surface area contributed by atoms with Crippen LogP contribution >= 0.6 is 0 Å². The summed E-state index contributed by atoms with van der Waals surface area (Å²) in [5.74, 6) is 0.743.